The maximum Gasteiger partial charge on any atom is 0.217 e. The van der Waals surface area contributed by atoms with Gasteiger partial charge in [-0.2, -0.15) is 4.98 Å². The Labute approximate surface area is 66.4 Å². The van der Waals surface area contributed by atoms with Crippen molar-refractivity contribution in [2.45, 2.75) is 0 Å². The summed E-state index contributed by atoms with van der Waals surface area (Å²) in [5.41, 5.74) is 0.454. The highest BCUT2D eigenvalue weighted by atomic mass is 35.5. The molecule has 0 bridgehead atoms. The van der Waals surface area contributed by atoms with E-state index >= 15 is 0 Å². The lowest BCUT2D eigenvalue weighted by molar-refractivity contribution is 0.959. The largest absolute Gasteiger partial charge is 0.290 e. The SMILES string of the molecule is O=c1ccn2[nH]c(Cl)nc2c1. The maximum atomic E-state index is 10.8. The molecule has 2 aromatic rings. The Balaban J connectivity index is 2.92. The molecular formula is C6H4ClN3O. The van der Waals surface area contributed by atoms with E-state index in [0.717, 1.165) is 0 Å². The summed E-state index contributed by atoms with van der Waals surface area (Å²) in [6.07, 6.45) is 1.58. The number of aromatic nitrogens is 3. The second-order valence-electron chi connectivity index (χ2n) is 2.11. The van der Waals surface area contributed by atoms with E-state index in [9.17, 15) is 4.79 Å². The number of pyridine rings is 1. The minimum Gasteiger partial charge on any atom is -0.290 e. The Morgan fingerprint density at radius 2 is 2.45 bits per heavy atom. The van der Waals surface area contributed by atoms with Crippen LogP contribution in [0.5, 0.6) is 0 Å². The van der Waals surface area contributed by atoms with E-state index in [4.69, 9.17) is 11.6 Å². The van der Waals surface area contributed by atoms with Gasteiger partial charge in [-0.05, 0) is 11.6 Å². The van der Waals surface area contributed by atoms with Gasteiger partial charge in [0.15, 0.2) is 11.1 Å². The maximum absolute atomic E-state index is 10.8. The van der Waals surface area contributed by atoms with Gasteiger partial charge in [-0.3, -0.25) is 9.89 Å². The van der Waals surface area contributed by atoms with Gasteiger partial charge in [-0.1, -0.05) is 0 Å². The van der Waals surface area contributed by atoms with Gasteiger partial charge in [-0.25, -0.2) is 4.52 Å². The first-order chi connectivity index (χ1) is 5.25. The van der Waals surface area contributed by atoms with Crippen molar-refractivity contribution in [3.63, 3.8) is 0 Å². The highest BCUT2D eigenvalue weighted by Crippen LogP contribution is 2.01. The van der Waals surface area contributed by atoms with Gasteiger partial charge in [0.05, 0.1) is 0 Å². The lowest BCUT2D eigenvalue weighted by Gasteiger charge is -1.86. The number of nitrogens with zero attached hydrogens (tertiary/aromatic N) is 2. The Hall–Kier alpha value is -1.29. The summed E-state index contributed by atoms with van der Waals surface area (Å²) >= 11 is 5.55. The summed E-state index contributed by atoms with van der Waals surface area (Å²) in [5, 5.41) is 2.99. The molecule has 0 aliphatic heterocycles. The van der Waals surface area contributed by atoms with Gasteiger partial charge in [0.2, 0.25) is 5.28 Å². The van der Waals surface area contributed by atoms with Crippen LogP contribution in [0.25, 0.3) is 5.65 Å². The van der Waals surface area contributed by atoms with Crippen molar-refractivity contribution in [2.75, 3.05) is 0 Å². The number of hydrogen-bond donors (Lipinski definition) is 1. The fourth-order valence-corrected chi connectivity index (χ4v) is 1.05. The van der Waals surface area contributed by atoms with Crippen LogP contribution in [0.4, 0.5) is 0 Å². The van der Waals surface area contributed by atoms with Gasteiger partial charge in [0.1, 0.15) is 0 Å². The Morgan fingerprint density at radius 1 is 1.64 bits per heavy atom. The summed E-state index contributed by atoms with van der Waals surface area (Å²) in [4.78, 5) is 14.6. The minimum absolute atomic E-state index is 0.0758. The summed E-state index contributed by atoms with van der Waals surface area (Å²) in [7, 11) is 0. The predicted molar refractivity (Wildman–Crippen MR) is 40.8 cm³/mol. The summed E-state index contributed by atoms with van der Waals surface area (Å²) < 4.78 is 1.57. The van der Waals surface area contributed by atoms with Crippen molar-refractivity contribution in [3.8, 4) is 0 Å². The monoisotopic (exact) mass is 169 g/mol. The quantitative estimate of drug-likeness (QED) is 0.631. The lowest BCUT2D eigenvalue weighted by Crippen LogP contribution is -1.98. The van der Waals surface area contributed by atoms with Gasteiger partial charge < -0.3 is 0 Å². The summed E-state index contributed by atoms with van der Waals surface area (Å²) in [6, 6.07) is 2.84. The molecule has 0 aromatic carbocycles. The second kappa shape index (κ2) is 2.10. The summed E-state index contributed by atoms with van der Waals surface area (Å²) in [5.74, 6) is 0. The third kappa shape index (κ3) is 1.01. The molecular weight excluding hydrogens is 166 g/mol. The van der Waals surface area contributed by atoms with Crippen molar-refractivity contribution in [2.24, 2.45) is 0 Å². The van der Waals surface area contributed by atoms with Gasteiger partial charge >= 0.3 is 0 Å². The number of aromatic amines is 1. The van der Waals surface area contributed by atoms with Crippen LogP contribution in [0.3, 0.4) is 0 Å². The zero-order chi connectivity index (χ0) is 7.84. The predicted octanol–water partition coefficient (Wildman–Crippen LogP) is 0.676. The Bertz CT molecular complexity index is 444. The molecule has 11 heavy (non-hydrogen) atoms. The molecule has 56 valence electrons. The van der Waals surface area contributed by atoms with E-state index in [1.54, 1.807) is 10.7 Å². The topological polar surface area (TPSA) is 50.2 Å². The number of hydrogen-bond acceptors (Lipinski definition) is 2. The fourth-order valence-electron chi connectivity index (χ4n) is 0.875. The number of fused-ring (bicyclic) bond motifs is 1. The number of nitrogens with one attached hydrogen (secondary N) is 1. The van der Waals surface area contributed by atoms with Crippen molar-refractivity contribution in [3.05, 3.63) is 33.8 Å². The molecule has 0 fully saturated rings. The Kier molecular flexibility index (Phi) is 1.22. The van der Waals surface area contributed by atoms with Crippen LogP contribution in [0.15, 0.2) is 23.1 Å². The highest BCUT2D eigenvalue weighted by molar-refractivity contribution is 6.28. The van der Waals surface area contributed by atoms with E-state index < -0.39 is 0 Å². The van der Waals surface area contributed by atoms with Crippen molar-refractivity contribution >= 4 is 17.2 Å². The smallest absolute Gasteiger partial charge is 0.217 e. The van der Waals surface area contributed by atoms with Crippen molar-refractivity contribution < 1.29 is 0 Å². The van der Waals surface area contributed by atoms with Gasteiger partial charge in [0.25, 0.3) is 0 Å². The second-order valence-corrected chi connectivity index (χ2v) is 2.46. The van der Waals surface area contributed by atoms with Crippen molar-refractivity contribution in [1.29, 1.82) is 0 Å². The molecule has 0 atom stereocenters. The average molecular weight is 170 g/mol. The van der Waals surface area contributed by atoms with E-state index in [0.29, 0.717) is 5.65 Å². The van der Waals surface area contributed by atoms with E-state index in [2.05, 4.69) is 10.1 Å². The molecule has 0 spiro atoms. The van der Waals surface area contributed by atoms with Crippen LogP contribution in [0.1, 0.15) is 0 Å². The minimum atomic E-state index is -0.0758. The highest BCUT2D eigenvalue weighted by Gasteiger charge is 1.96. The molecule has 1 N–H and O–H groups in total. The molecule has 0 aliphatic carbocycles. The molecule has 0 saturated carbocycles. The van der Waals surface area contributed by atoms with Crippen LogP contribution in [0.2, 0.25) is 5.28 Å². The van der Waals surface area contributed by atoms with Crippen LogP contribution in [0, 0.1) is 0 Å². The fraction of sp³-hybridized carbons (Fsp3) is 0. The first-order valence-electron chi connectivity index (χ1n) is 3.00. The molecule has 5 heteroatoms. The molecule has 0 amide bonds. The molecule has 0 saturated heterocycles. The number of rotatable bonds is 0. The van der Waals surface area contributed by atoms with Crippen LogP contribution in [-0.4, -0.2) is 14.6 Å². The summed E-state index contributed by atoms with van der Waals surface area (Å²) in [6.45, 7) is 0. The molecule has 0 unspecified atom stereocenters. The normalized spacial score (nSPS) is 10.6. The van der Waals surface area contributed by atoms with Crippen molar-refractivity contribution in [1.82, 2.24) is 14.6 Å². The number of H-pyrrole nitrogens is 1. The van der Waals surface area contributed by atoms with E-state index in [-0.39, 0.29) is 10.7 Å². The van der Waals surface area contributed by atoms with Crippen LogP contribution < -0.4 is 5.43 Å². The first kappa shape index (κ1) is 6.42. The molecule has 0 radical (unpaired) electrons. The molecule has 2 rings (SSSR count). The molecule has 4 nitrogen and oxygen atoms in total. The number of halogens is 1. The zero-order valence-corrected chi connectivity index (χ0v) is 6.17. The standard InChI is InChI=1S/C6H4ClN3O/c7-6-8-5-3-4(11)1-2-10(5)9-6/h1-3H,(H,8,9). The first-order valence-corrected chi connectivity index (χ1v) is 3.37. The van der Waals surface area contributed by atoms with Crippen LogP contribution >= 0.6 is 11.6 Å². The Morgan fingerprint density at radius 3 is 3.27 bits per heavy atom. The molecule has 2 aromatic heterocycles. The average Bonchev–Trinajstić information content (AvgIpc) is 2.27. The van der Waals surface area contributed by atoms with E-state index in [1.807, 2.05) is 0 Å². The third-order valence-electron chi connectivity index (χ3n) is 1.33. The van der Waals surface area contributed by atoms with Crippen LogP contribution in [-0.2, 0) is 0 Å². The van der Waals surface area contributed by atoms with Gasteiger partial charge in [0, 0.05) is 18.3 Å². The van der Waals surface area contributed by atoms with E-state index in [1.165, 1.54) is 12.1 Å². The zero-order valence-electron chi connectivity index (χ0n) is 5.41. The van der Waals surface area contributed by atoms with Gasteiger partial charge in [-0.15, -0.1) is 0 Å². The molecule has 0 aliphatic rings. The molecule has 2 heterocycles. The lowest BCUT2D eigenvalue weighted by atomic mass is 10.5. The third-order valence-corrected chi connectivity index (χ3v) is 1.50.